The van der Waals surface area contributed by atoms with E-state index >= 15 is 0 Å². The van der Waals surface area contributed by atoms with Crippen LogP contribution in [0.4, 0.5) is 0 Å². The van der Waals surface area contributed by atoms with Crippen molar-refractivity contribution < 1.29 is 8.42 Å². The van der Waals surface area contributed by atoms with Gasteiger partial charge in [-0.15, -0.1) is 0 Å². The van der Waals surface area contributed by atoms with Crippen LogP contribution in [-0.2, 0) is 15.4 Å². The molecule has 0 fully saturated rings. The topological polar surface area (TPSA) is 49.4 Å². The van der Waals surface area contributed by atoms with Crippen LogP contribution in [0.15, 0.2) is 23.1 Å². The Kier molecular flexibility index (Phi) is 6.05. The predicted molar refractivity (Wildman–Crippen MR) is 97.4 cm³/mol. The van der Waals surface area contributed by atoms with Gasteiger partial charge in [0.05, 0.1) is 4.90 Å². The van der Waals surface area contributed by atoms with E-state index in [1.807, 2.05) is 33.2 Å². The standard InChI is InChI=1S/C18H32N2O2S/c1-14-9-10-15(17(2,3)4)11-16(14)23(21,22)19-12-18(5,6)13-20(7)8/h9-11,19H,12-13H2,1-8H3. The molecule has 0 saturated heterocycles. The second-order valence-electron chi connectivity index (χ2n) is 8.46. The maximum Gasteiger partial charge on any atom is 0.240 e. The fraction of sp³-hybridized carbons (Fsp3) is 0.667. The maximum atomic E-state index is 12.7. The molecule has 0 aliphatic rings. The summed E-state index contributed by atoms with van der Waals surface area (Å²) in [5.74, 6) is 0. The quantitative estimate of drug-likeness (QED) is 0.865. The Balaban J connectivity index is 3.05. The molecule has 0 aliphatic heterocycles. The number of aryl methyl sites for hydroxylation is 1. The highest BCUT2D eigenvalue weighted by molar-refractivity contribution is 7.89. The molecule has 0 heterocycles. The molecule has 0 spiro atoms. The molecule has 132 valence electrons. The molecule has 4 nitrogen and oxygen atoms in total. The molecule has 0 radical (unpaired) electrons. The molecule has 23 heavy (non-hydrogen) atoms. The number of hydrogen-bond acceptors (Lipinski definition) is 3. The average Bonchev–Trinajstić information content (AvgIpc) is 2.34. The number of benzene rings is 1. The van der Waals surface area contributed by atoms with E-state index in [0.29, 0.717) is 11.4 Å². The monoisotopic (exact) mass is 340 g/mol. The molecule has 1 N–H and O–H groups in total. The van der Waals surface area contributed by atoms with E-state index in [0.717, 1.165) is 17.7 Å². The molecule has 0 aliphatic carbocycles. The van der Waals surface area contributed by atoms with Gasteiger partial charge in [-0.2, -0.15) is 0 Å². The number of sulfonamides is 1. The van der Waals surface area contributed by atoms with Crippen molar-refractivity contribution in [1.82, 2.24) is 9.62 Å². The van der Waals surface area contributed by atoms with Gasteiger partial charge in [-0.3, -0.25) is 0 Å². The zero-order valence-electron chi connectivity index (χ0n) is 15.8. The Bertz CT molecular complexity index is 641. The summed E-state index contributed by atoms with van der Waals surface area (Å²) in [6, 6.07) is 5.70. The average molecular weight is 341 g/mol. The van der Waals surface area contributed by atoms with Crippen LogP contribution in [0.25, 0.3) is 0 Å². The highest BCUT2D eigenvalue weighted by atomic mass is 32.2. The minimum absolute atomic E-state index is 0.0812. The van der Waals surface area contributed by atoms with Crippen molar-refractivity contribution in [3.8, 4) is 0 Å². The molecule has 1 aromatic rings. The number of hydrogen-bond donors (Lipinski definition) is 1. The molecule has 0 aromatic heterocycles. The third kappa shape index (κ3) is 5.90. The molecule has 1 rings (SSSR count). The lowest BCUT2D eigenvalue weighted by molar-refractivity contribution is 0.242. The largest absolute Gasteiger partial charge is 0.309 e. The summed E-state index contributed by atoms with van der Waals surface area (Å²) in [4.78, 5) is 2.45. The predicted octanol–water partition coefficient (Wildman–Crippen LogP) is 3.16. The lowest BCUT2D eigenvalue weighted by Gasteiger charge is -2.28. The fourth-order valence-electron chi connectivity index (χ4n) is 2.64. The van der Waals surface area contributed by atoms with Crippen molar-refractivity contribution in [2.24, 2.45) is 5.41 Å². The first kappa shape index (κ1) is 20.1. The molecule has 0 saturated carbocycles. The van der Waals surface area contributed by atoms with E-state index in [1.54, 1.807) is 6.07 Å². The molecule has 5 heteroatoms. The maximum absolute atomic E-state index is 12.7. The summed E-state index contributed by atoms with van der Waals surface area (Å²) in [6.45, 7) is 13.4. The smallest absolute Gasteiger partial charge is 0.240 e. The van der Waals surface area contributed by atoms with Crippen LogP contribution in [-0.4, -0.2) is 40.5 Å². The van der Waals surface area contributed by atoms with E-state index < -0.39 is 10.0 Å². The van der Waals surface area contributed by atoms with Crippen LogP contribution in [0.1, 0.15) is 45.7 Å². The van der Waals surface area contributed by atoms with Gasteiger partial charge in [0.15, 0.2) is 0 Å². The lowest BCUT2D eigenvalue weighted by Crippen LogP contribution is -2.40. The molecule has 0 atom stereocenters. The van der Waals surface area contributed by atoms with Crippen LogP contribution < -0.4 is 4.72 Å². The van der Waals surface area contributed by atoms with Gasteiger partial charge in [-0.05, 0) is 49.0 Å². The fourth-order valence-corrected chi connectivity index (χ4v) is 4.15. The van der Waals surface area contributed by atoms with E-state index in [1.165, 1.54) is 0 Å². The van der Waals surface area contributed by atoms with Crippen molar-refractivity contribution in [1.29, 1.82) is 0 Å². The third-order valence-corrected chi connectivity index (χ3v) is 5.37. The second-order valence-corrected chi connectivity index (χ2v) is 10.2. The van der Waals surface area contributed by atoms with Crippen molar-refractivity contribution in [3.63, 3.8) is 0 Å². The van der Waals surface area contributed by atoms with Gasteiger partial charge in [0.1, 0.15) is 0 Å². The van der Waals surface area contributed by atoms with Crippen molar-refractivity contribution >= 4 is 10.0 Å². The summed E-state index contributed by atoms with van der Waals surface area (Å²) in [7, 11) is 0.475. The first-order chi connectivity index (χ1) is 10.2. The van der Waals surface area contributed by atoms with Gasteiger partial charge in [0.25, 0.3) is 0 Å². The van der Waals surface area contributed by atoms with Gasteiger partial charge in [0, 0.05) is 13.1 Å². The van der Waals surface area contributed by atoms with Gasteiger partial charge in [0.2, 0.25) is 10.0 Å². The van der Waals surface area contributed by atoms with Crippen LogP contribution in [0.2, 0.25) is 0 Å². The lowest BCUT2D eigenvalue weighted by atomic mass is 9.87. The van der Waals surface area contributed by atoms with Crippen molar-refractivity contribution in [2.75, 3.05) is 27.2 Å². The molecular formula is C18H32N2O2S. The van der Waals surface area contributed by atoms with Gasteiger partial charge in [-0.1, -0.05) is 46.8 Å². The van der Waals surface area contributed by atoms with Crippen LogP contribution in [0.3, 0.4) is 0 Å². The number of nitrogens with zero attached hydrogens (tertiary/aromatic N) is 1. The van der Waals surface area contributed by atoms with E-state index in [-0.39, 0.29) is 10.8 Å². The van der Waals surface area contributed by atoms with Gasteiger partial charge in [-0.25, -0.2) is 13.1 Å². The summed E-state index contributed by atoms with van der Waals surface area (Å²) in [5, 5.41) is 0. The Hall–Kier alpha value is -0.910. The van der Waals surface area contributed by atoms with Gasteiger partial charge >= 0.3 is 0 Å². The van der Waals surface area contributed by atoms with E-state index in [2.05, 4.69) is 44.2 Å². The Morgan fingerprint density at radius 2 is 1.65 bits per heavy atom. The Labute approximate surface area is 142 Å². The summed E-state index contributed by atoms with van der Waals surface area (Å²) < 4.78 is 28.3. The normalized spacial score (nSPS) is 13.6. The second kappa shape index (κ2) is 6.91. The van der Waals surface area contributed by atoms with Crippen LogP contribution in [0, 0.1) is 12.3 Å². The number of nitrogens with one attached hydrogen (secondary N) is 1. The van der Waals surface area contributed by atoms with Crippen molar-refractivity contribution in [3.05, 3.63) is 29.3 Å². The van der Waals surface area contributed by atoms with Gasteiger partial charge < -0.3 is 4.90 Å². The van der Waals surface area contributed by atoms with Crippen LogP contribution >= 0.6 is 0 Å². The SMILES string of the molecule is Cc1ccc(C(C)(C)C)cc1S(=O)(=O)NCC(C)(C)CN(C)C. The van der Waals surface area contributed by atoms with E-state index in [4.69, 9.17) is 0 Å². The molecule has 1 aromatic carbocycles. The molecule has 0 amide bonds. The number of rotatable bonds is 6. The summed E-state index contributed by atoms with van der Waals surface area (Å²) in [5.41, 5.74) is 1.58. The molecule has 0 unspecified atom stereocenters. The minimum Gasteiger partial charge on any atom is -0.309 e. The third-order valence-electron chi connectivity index (χ3n) is 3.83. The first-order valence-electron chi connectivity index (χ1n) is 8.00. The summed E-state index contributed by atoms with van der Waals surface area (Å²) in [6.07, 6.45) is 0. The van der Waals surface area contributed by atoms with Crippen molar-refractivity contribution in [2.45, 2.75) is 51.9 Å². The zero-order valence-corrected chi connectivity index (χ0v) is 16.6. The minimum atomic E-state index is -3.51. The Morgan fingerprint density at radius 1 is 1.09 bits per heavy atom. The molecule has 0 bridgehead atoms. The molecular weight excluding hydrogens is 308 g/mol. The zero-order chi connectivity index (χ0) is 18.1. The van der Waals surface area contributed by atoms with E-state index in [9.17, 15) is 8.42 Å². The summed E-state index contributed by atoms with van der Waals surface area (Å²) >= 11 is 0. The first-order valence-corrected chi connectivity index (χ1v) is 9.48. The highest BCUT2D eigenvalue weighted by Crippen LogP contribution is 2.27. The Morgan fingerprint density at radius 3 is 2.13 bits per heavy atom. The van der Waals surface area contributed by atoms with Crippen LogP contribution in [0.5, 0.6) is 0 Å². The highest BCUT2D eigenvalue weighted by Gasteiger charge is 2.25.